The molecule has 1 rings (SSSR count). The Morgan fingerprint density at radius 1 is 1.50 bits per heavy atom. The molecule has 2 nitrogen and oxygen atoms in total. The van der Waals surface area contributed by atoms with Crippen LogP contribution in [0.4, 0.5) is 8.78 Å². The van der Waals surface area contributed by atoms with E-state index in [0.717, 1.165) is 0 Å². The van der Waals surface area contributed by atoms with Gasteiger partial charge in [0.05, 0.1) is 5.56 Å². The van der Waals surface area contributed by atoms with Gasteiger partial charge in [-0.3, -0.25) is 4.98 Å². The third-order valence-corrected chi connectivity index (χ3v) is 1.39. The van der Waals surface area contributed by atoms with Crippen LogP contribution in [-0.4, -0.2) is 4.98 Å². The number of nitrogens with zero attached hydrogens (tertiary/aromatic N) is 2. The van der Waals surface area contributed by atoms with Crippen molar-refractivity contribution < 1.29 is 8.78 Å². The Hall–Kier alpha value is -1.50. The van der Waals surface area contributed by atoms with Crippen molar-refractivity contribution in [3.63, 3.8) is 0 Å². The molecule has 0 fully saturated rings. The van der Waals surface area contributed by atoms with Crippen molar-refractivity contribution in [3.8, 4) is 6.07 Å². The van der Waals surface area contributed by atoms with Gasteiger partial charge in [-0.25, -0.2) is 8.78 Å². The van der Waals surface area contributed by atoms with E-state index in [1.165, 1.54) is 12.1 Å². The predicted molar refractivity (Wildman–Crippen MR) is 38.6 cm³/mol. The number of alkyl halides is 2. The van der Waals surface area contributed by atoms with Crippen LogP contribution in [-0.2, 0) is 0 Å². The van der Waals surface area contributed by atoms with E-state index in [1.54, 1.807) is 13.0 Å². The van der Waals surface area contributed by atoms with E-state index in [-0.39, 0.29) is 5.56 Å². The molecule has 1 heterocycles. The largest absolute Gasteiger partial charge is 0.281 e. The van der Waals surface area contributed by atoms with Gasteiger partial charge in [-0.15, -0.1) is 0 Å². The minimum Gasteiger partial charge on any atom is -0.251 e. The second kappa shape index (κ2) is 3.26. The van der Waals surface area contributed by atoms with Gasteiger partial charge >= 0.3 is 0 Å². The lowest BCUT2D eigenvalue weighted by atomic mass is 10.2. The molecule has 0 aliphatic rings. The fourth-order valence-corrected chi connectivity index (χ4v) is 0.838. The van der Waals surface area contributed by atoms with E-state index in [0.29, 0.717) is 5.69 Å². The fraction of sp³-hybridized carbons (Fsp3) is 0.250. The first-order chi connectivity index (χ1) is 5.65. The van der Waals surface area contributed by atoms with Crippen molar-refractivity contribution in [3.05, 3.63) is 29.1 Å². The van der Waals surface area contributed by atoms with Crippen LogP contribution in [0.1, 0.15) is 23.4 Å². The van der Waals surface area contributed by atoms with Crippen LogP contribution in [0.15, 0.2) is 12.1 Å². The average molecular weight is 168 g/mol. The Kier molecular flexibility index (Phi) is 2.34. The highest BCUT2D eigenvalue weighted by Crippen LogP contribution is 2.20. The summed E-state index contributed by atoms with van der Waals surface area (Å²) in [7, 11) is 0. The summed E-state index contributed by atoms with van der Waals surface area (Å²) in [5.41, 5.74) is -0.00241. The zero-order chi connectivity index (χ0) is 9.14. The molecule has 0 aromatic carbocycles. The van der Waals surface area contributed by atoms with Crippen LogP contribution in [0, 0.1) is 18.3 Å². The second-order valence-corrected chi connectivity index (χ2v) is 2.30. The molecule has 0 saturated heterocycles. The number of aryl methyl sites for hydroxylation is 1. The van der Waals surface area contributed by atoms with Crippen LogP contribution in [0.2, 0.25) is 0 Å². The fourth-order valence-electron chi connectivity index (χ4n) is 0.838. The molecule has 0 bridgehead atoms. The van der Waals surface area contributed by atoms with Crippen molar-refractivity contribution in [1.82, 2.24) is 4.98 Å². The second-order valence-electron chi connectivity index (χ2n) is 2.30. The summed E-state index contributed by atoms with van der Waals surface area (Å²) >= 11 is 0. The van der Waals surface area contributed by atoms with Crippen LogP contribution >= 0.6 is 0 Å². The van der Waals surface area contributed by atoms with Crippen molar-refractivity contribution in [2.24, 2.45) is 0 Å². The number of rotatable bonds is 1. The van der Waals surface area contributed by atoms with Crippen LogP contribution < -0.4 is 0 Å². The van der Waals surface area contributed by atoms with Crippen LogP contribution in [0.25, 0.3) is 0 Å². The number of aromatic nitrogens is 1. The molecule has 0 unspecified atom stereocenters. The summed E-state index contributed by atoms with van der Waals surface area (Å²) in [5, 5.41) is 8.43. The van der Waals surface area contributed by atoms with Crippen molar-refractivity contribution in [1.29, 1.82) is 5.26 Å². The summed E-state index contributed by atoms with van der Waals surface area (Å²) in [4.78, 5) is 3.57. The molecule has 0 atom stereocenters. The van der Waals surface area contributed by atoms with Gasteiger partial charge in [0.25, 0.3) is 6.43 Å². The lowest BCUT2D eigenvalue weighted by Gasteiger charge is -2.01. The number of hydrogen-bond donors (Lipinski definition) is 0. The smallest absolute Gasteiger partial charge is 0.251 e. The summed E-state index contributed by atoms with van der Waals surface area (Å²) in [6.45, 7) is 1.60. The highest BCUT2D eigenvalue weighted by molar-refractivity contribution is 5.34. The first-order valence-electron chi connectivity index (χ1n) is 3.31. The van der Waals surface area contributed by atoms with Gasteiger partial charge in [0.15, 0.2) is 0 Å². The standard InChI is InChI=1S/C8H6F2N2/c1-5-2-3-6(4-11)7(12-5)8(9)10/h2-3,8H,1H3. The highest BCUT2D eigenvalue weighted by atomic mass is 19.3. The first-order valence-corrected chi connectivity index (χ1v) is 3.31. The quantitative estimate of drug-likeness (QED) is 0.644. The summed E-state index contributed by atoms with van der Waals surface area (Å²) in [5.74, 6) is 0. The molecular weight excluding hydrogens is 162 g/mol. The van der Waals surface area contributed by atoms with Gasteiger partial charge in [0.1, 0.15) is 11.8 Å². The summed E-state index contributed by atoms with van der Waals surface area (Å²) in [6.07, 6.45) is -2.68. The number of pyridine rings is 1. The van der Waals surface area contributed by atoms with E-state index in [4.69, 9.17) is 5.26 Å². The Bertz CT molecular complexity index is 328. The molecule has 1 aromatic rings. The molecule has 4 heteroatoms. The Balaban J connectivity index is 3.24. The van der Waals surface area contributed by atoms with Crippen molar-refractivity contribution in [2.75, 3.05) is 0 Å². The van der Waals surface area contributed by atoms with E-state index < -0.39 is 12.1 Å². The van der Waals surface area contributed by atoms with E-state index in [1.807, 2.05) is 0 Å². The maximum absolute atomic E-state index is 12.2. The number of halogens is 2. The number of nitriles is 1. The molecule has 0 spiro atoms. The SMILES string of the molecule is Cc1ccc(C#N)c(C(F)F)n1. The average Bonchev–Trinajstić information content (AvgIpc) is 2.04. The molecule has 12 heavy (non-hydrogen) atoms. The van der Waals surface area contributed by atoms with Crippen LogP contribution in [0.3, 0.4) is 0 Å². The maximum Gasteiger partial charge on any atom is 0.281 e. The minimum atomic E-state index is -2.68. The monoisotopic (exact) mass is 168 g/mol. The first kappa shape index (κ1) is 8.60. The molecule has 1 aromatic heterocycles. The van der Waals surface area contributed by atoms with Crippen LogP contribution in [0.5, 0.6) is 0 Å². The van der Waals surface area contributed by atoms with Gasteiger partial charge < -0.3 is 0 Å². The predicted octanol–water partition coefficient (Wildman–Crippen LogP) is 2.20. The molecule has 0 aliphatic heterocycles. The van der Waals surface area contributed by atoms with Gasteiger partial charge in [-0.1, -0.05) is 0 Å². The maximum atomic E-state index is 12.2. The Morgan fingerprint density at radius 2 is 2.17 bits per heavy atom. The molecule has 0 radical (unpaired) electrons. The third-order valence-electron chi connectivity index (χ3n) is 1.39. The van der Waals surface area contributed by atoms with E-state index >= 15 is 0 Å². The molecule has 0 N–H and O–H groups in total. The van der Waals surface area contributed by atoms with Gasteiger partial charge in [-0.2, -0.15) is 5.26 Å². The Morgan fingerprint density at radius 3 is 2.67 bits per heavy atom. The summed E-state index contributed by atoms with van der Waals surface area (Å²) in [6, 6.07) is 4.54. The molecule has 0 saturated carbocycles. The summed E-state index contributed by atoms with van der Waals surface area (Å²) < 4.78 is 24.4. The zero-order valence-electron chi connectivity index (χ0n) is 6.38. The topological polar surface area (TPSA) is 36.7 Å². The number of hydrogen-bond acceptors (Lipinski definition) is 2. The van der Waals surface area contributed by atoms with Gasteiger partial charge in [0.2, 0.25) is 0 Å². The molecular formula is C8H6F2N2. The lowest BCUT2D eigenvalue weighted by Crippen LogP contribution is -1.96. The molecule has 0 amide bonds. The zero-order valence-corrected chi connectivity index (χ0v) is 6.38. The molecule has 0 aliphatic carbocycles. The third kappa shape index (κ3) is 1.56. The van der Waals surface area contributed by atoms with Gasteiger partial charge in [-0.05, 0) is 19.1 Å². The minimum absolute atomic E-state index is 0.0596. The van der Waals surface area contributed by atoms with E-state index in [9.17, 15) is 8.78 Å². The highest BCUT2D eigenvalue weighted by Gasteiger charge is 2.14. The Labute approximate surface area is 68.5 Å². The van der Waals surface area contributed by atoms with Gasteiger partial charge in [0, 0.05) is 5.69 Å². The van der Waals surface area contributed by atoms with E-state index in [2.05, 4.69) is 4.98 Å². The lowest BCUT2D eigenvalue weighted by molar-refractivity contribution is 0.145. The van der Waals surface area contributed by atoms with Crippen molar-refractivity contribution in [2.45, 2.75) is 13.3 Å². The van der Waals surface area contributed by atoms with Crippen molar-refractivity contribution >= 4 is 0 Å². The molecule has 62 valence electrons. The normalized spacial score (nSPS) is 9.92.